The van der Waals surface area contributed by atoms with Gasteiger partial charge in [0.2, 0.25) is 0 Å². The van der Waals surface area contributed by atoms with Gasteiger partial charge in [0.05, 0.1) is 5.56 Å². The average molecular weight is 216 g/mol. The predicted molar refractivity (Wildman–Crippen MR) is 56.3 cm³/mol. The molecule has 1 heterocycles. The maximum absolute atomic E-state index is 8.91. The molecule has 0 aliphatic rings. The monoisotopic (exact) mass is 216 g/mol. The zero-order valence-electron chi connectivity index (χ0n) is 8.08. The van der Waals surface area contributed by atoms with Crippen LogP contribution in [0.3, 0.4) is 0 Å². The second-order valence-corrected chi connectivity index (χ2v) is 3.94. The largest absolute Gasteiger partial charge is 0.311 e. The maximum atomic E-state index is 8.91. The third-order valence-corrected chi connectivity index (χ3v) is 3.01. The summed E-state index contributed by atoms with van der Waals surface area (Å²) in [5.41, 5.74) is 0.658. The van der Waals surface area contributed by atoms with E-state index in [2.05, 4.69) is 16.3 Å². The fraction of sp³-hybridized carbons (Fsp3) is 0.100. The van der Waals surface area contributed by atoms with Crippen molar-refractivity contribution in [2.24, 2.45) is 7.05 Å². The van der Waals surface area contributed by atoms with Gasteiger partial charge in [-0.1, -0.05) is 12.1 Å². The number of hydrogen-bond acceptors (Lipinski definition) is 4. The Kier molecular flexibility index (Phi) is 2.70. The van der Waals surface area contributed by atoms with Gasteiger partial charge in [0.1, 0.15) is 12.4 Å². The minimum atomic E-state index is 0.658. The van der Waals surface area contributed by atoms with Crippen molar-refractivity contribution in [3.05, 3.63) is 36.2 Å². The van der Waals surface area contributed by atoms with Crippen molar-refractivity contribution in [3.8, 4) is 6.07 Å². The van der Waals surface area contributed by atoms with E-state index in [-0.39, 0.29) is 0 Å². The number of aryl methyl sites for hydroxylation is 1. The Morgan fingerprint density at radius 1 is 1.40 bits per heavy atom. The van der Waals surface area contributed by atoms with Crippen LogP contribution in [0.1, 0.15) is 5.56 Å². The molecule has 0 aliphatic heterocycles. The van der Waals surface area contributed by atoms with Gasteiger partial charge in [0.15, 0.2) is 5.16 Å². The molecule has 0 spiro atoms. The highest BCUT2D eigenvalue weighted by molar-refractivity contribution is 7.99. The van der Waals surface area contributed by atoms with Gasteiger partial charge in [-0.3, -0.25) is 0 Å². The predicted octanol–water partition coefficient (Wildman–Crippen LogP) is 1.84. The van der Waals surface area contributed by atoms with Crippen molar-refractivity contribution in [2.75, 3.05) is 0 Å². The molecular weight excluding hydrogens is 208 g/mol. The first-order valence-corrected chi connectivity index (χ1v) is 5.14. The van der Waals surface area contributed by atoms with Crippen LogP contribution in [0, 0.1) is 11.3 Å². The molecule has 5 heteroatoms. The summed E-state index contributed by atoms with van der Waals surface area (Å²) in [5.74, 6) is 0. The van der Waals surface area contributed by atoms with E-state index >= 15 is 0 Å². The van der Waals surface area contributed by atoms with Crippen LogP contribution in [0.2, 0.25) is 0 Å². The first-order valence-electron chi connectivity index (χ1n) is 4.32. The fourth-order valence-electron chi connectivity index (χ4n) is 1.11. The summed E-state index contributed by atoms with van der Waals surface area (Å²) in [6.07, 6.45) is 1.64. The fourth-order valence-corrected chi connectivity index (χ4v) is 1.96. The van der Waals surface area contributed by atoms with Crippen molar-refractivity contribution in [3.63, 3.8) is 0 Å². The lowest BCUT2D eigenvalue weighted by atomic mass is 10.2. The Morgan fingerprint density at radius 2 is 2.20 bits per heavy atom. The Hall–Kier alpha value is -1.80. The molecule has 0 saturated carbocycles. The van der Waals surface area contributed by atoms with Crippen molar-refractivity contribution in [1.29, 1.82) is 5.26 Å². The van der Waals surface area contributed by atoms with Crippen molar-refractivity contribution < 1.29 is 0 Å². The number of rotatable bonds is 2. The van der Waals surface area contributed by atoms with Gasteiger partial charge < -0.3 is 4.57 Å². The highest BCUT2D eigenvalue weighted by atomic mass is 32.2. The minimum absolute atomic E-state index is 0.658. The lowest BCUT2D eigenvalue weighted by Gasteiger charge is -2.01. The Bertz CT molecular complexity index is 512. The summed E-state index contributed by atoms with van der Waals surface area (Å²) in [5, 5.41) is 17.4. The lowest BCUT2D eigenvalue weighted by molar-refractivity contribution is 0.788. The maximum Gasteiger partial charge on any atom is 0.195 e. The molecule has 0 aliphatic carbocycles. The molecule has 2 aromatic rings. The van der Waals surface area contributed by atoms with E-state index in [0.717, 1.165) is 10.1 Å². The molecule has 74 valence electrons. The van der Waals surface area contributed by atoms with Gasteiger partial charge in [-0.25, -0.2) is 0 Å². The minimum Gasteiger partial charge on any atom is -0.311 e. The third-order valence-electron chi connectivity index (χ3n) is 1.88. The molecule has 1 aromatic carbocycles. The third kappa shape index (κ3) is 2.00. The standard InChI is InChI=1S/C10H8N4S/c1-14-7-12-13-10(14)15-9-5-3-2-4-8(9)6-11/h2-5,7H,1H3. The van der Waals surface area contributed by atoms with Crippen molar-refractivity contribution in [2.45, 2.75) is 10.1 Å². The first kappa shape index (κ1) is 9.74. The van der Waals surface area contributed by atoms with E-state index in [1.54, 1.807) is 12.4 Å². The normalized spacial score (nSPS) is 9.87. The van der Waals surface area contributed by atoms with Crippen molar-refractivity contribution in [1.82, 2.24) is 14.8 Å². The molecule has 0 fully saturated rings. The average Bonchev–Trinajstić information content (AvgIpc) is 2.65. The molecule has 0 saturated heterocycles. The van der Waals surface area contributed by atoms with E-state index in [0.29, 0.717) is 5.56 Å². The molecule has 1 aromatic heterocycles. The summed E-state index contributed by atoms with van der Waals surface area (Å²) in [7, 11) is 1.87. The van der Waals surface area contributed by atoms with Crippen LogP contribution in [0.15, 0.2) is 40.6 Å². The Morgan fingerprint density at radius 3 is 2.87 bits per heavy atom. The topological polar surface area (TPSA) is 54.5 Å². The number of aromatic nitrogens is 3. The van der Waals surface area contributed by atoms with Crippen LogP contribution < -0.4 is 0 Å². The molecular formula is C10H8N4S. The molecule has 0 N–H and O–H groups in total. The summed E-state index contributed by atoms with van der Waals surface area (Å²) >= 11 is 1.44. The zero-order chi connectivity index (χ0) is 10.7. The Balaban J connectivity index is 2.33. The zero-order valence-corrected chi connectivity index (χ0v) is 8.90. The molecule has 0 unspecified atom stereocenters. The van der Waals surface area contributed by atoms with E-state index in [1.807, 2.05) is 29.8 Å². The highest BCUT2D eigenvalue weighted by Gasteiger charge is 2.06. The summed E-state index contributed by atoms with van der Waals surface area (Å²) in [4.78, 5) is 0.899. The van der Waals surface area contributed by atoms with Crippen molar-refractivity contribution >= 4 is 11.8 Å². The Labute approximate surface area is 91.6 Å². The first-order chi connectivity index (χ1) is 7.31. The van der Waals surface area contributed by atoms with Crippen LogP contribution >= 0.6 is 11.8 Å². The summed E-state index contributed by atoms with van der Waals surface area (Å²) in [6, 6.07) is 9.59. The van der Waals surface area contributed by atoms with Crippen LogP contribution in [0.5, 0.6) is 0 Å². The molecule has 0 radical (unpaired) electrons. The van der Waals surface area contributed by atoms with E-state index in [9.17, 15) is 0 Å². The van der Waals surface area contributed by atoms with Gasteiger partial charge in [-0.15, -0.1) is 10.2 Å². The SMILES string of the molecule is Cn1cnnc1Sc1ccccc1C#N. The molecule has 15 heavy (non-hydrogen) atoms. The van der Waals surface area contributed by atoms with Crippen LogP contribution in [-0.4, -0.2) is 14.8 Å². The van der Waals surface area contributed by atoms with Gasteiger partial charge >= 0.3 is 0 Å². The second-order valence-electron chi connectivity index (χ2n) is 2.93. The van der Waals surface area contributed by atoms with E-state index in [4.69, 9.17) is 5.26 Å². The number of hydrogen-bond donors (Lipinski definition) is 0. The smallest absolute Gasteiger partial charge is 0.195 e. The molecule has 2 rings (SSSR count). The lowest BCUT2D eigenvalue weighted by Crippen LogP contribution is -1.89. The van der Waals surface area contributed by atoms with Gasteiger partial charge in [-0.05, 0) is 23.9 Å². The highest BCUT2D eigenvalue weighted by Crippen LogP contribution is 2.27. The van der Waals surface area contributed by atoms with Gasteiger partial charge in [-0.2, -0.15) is 5.26 Å². The van der Waals surface area contributed by atoms with Crippen LogP contribution in [0.25, 0.3) is 0 Å². The van der Waals surface area contributed by atoms with Gasteiger partial charge in [0, 0.05) is 11.9 Å². The second kappa shape index (κ2) is 4.15. The number of nitrogens with zero attached hydrogens (tertiary/aromatic N) is 4. The number of nitriles is 1. The molecule has 0 atom stereocenters. The van der Waals surface area contributed by atoms with E-state index in [1.165, 1.54) is 11.8 Å². The quantitative estimate of drug-likeness (QED) is 0.768. The van der Waals surface area contributed by atoms with Crippen LogP contribution in [-0.2, 0) is 7.05 Å². The number of benzene rings is 1. The van der Waals surface area contributed by atoms with Gasteiger partial charge in [0.25, 0.3) is 0 Å². The van der Waals surface area contributed by atoms with E-state index < -0.39 is 0 Å². The summed E-state index contributed by atoms with van der Waals surface area (Å²) < 4.78 is 1.82. The molecule has 0 bridgehead atoms. The molecule has 0 amide bonds. The summed E-state index contributed by atoms with van der Waals surface area (Å²) in [6.45, 7) is 0. The van der Waals surface area contributed by atoms with Crippen LogP contribution in [0.4, 0.5) is 0 Å². The molecule has 4 nitrogen and oxygen atoms in total.